The highest BCUT2D eigenvalue weighted by Crippen LogP contribution is 2.65. The predicted octanol–water partition coefficient (Wildman–Crippen LogP) is 2.92. The standard InChI is InChI=1S/C17H19NO3/c1-16(9-18(10-16)15(20)21)14(19)12-2-4-13(5-3-12)17-6-11(7-17)8-17/h2-5,11H,6-10H2,1H3,(H,20,21). The monoisotopic (exact) mass is 285 g/mol. The minimum atomic E-state index is -0.945. The second kappa shape index (κ2) is 3.87. The highest BCUT2D eigenvalue weighted by atomic mass is 16.4. The molecule has 0 aromatic heterocycles. The minimum absolute atomic E-state index is 0.0594. The van der Waals surface area contributed by atoms with Crippen molar-refractivity contribution in [2.45, 2.75) is 31.6 Å². The summed E-state index contributed by atoms with van der Waals surface area (Å²) in [6, 6.07) is 8.04. The van der Waals surface area contributed by atoms with Gasteiger partial charge in [0, 0.05) is 18.7 Å². The van der Waals surface area contributed by atoms with Crippen LogP contribution in [0.3, 0.4) is 0 Å². The molecule has 3 saturated carbocycles. The van der Waals surface area contributed by atoms with Gasteiger partial charge in [0.05, 0.1) is 5.41 Å². The molecule has 1 amide bonds. The second-order valence-electron chi connectivity index (χ2n) is 7.36. The molecule has 4 heteroatoms. The molecule has 0 unspecified atom stereocenters. The molecular formula is C17H19NO3. The second-order valence-corrected chi connectivity index (χ2v) is 7.36. The van der Waals surface area contributed by atoms with Crippen molar-refractivity contribution < 1.29 is 14.7 Å². The number of Topliss-reactive ketones (excluding diaryl/α,β-unsaturated/α-hetero) is 1. The van der Waals surface area contributed by atoms with Crippen LogP contribution in [-0.2, 0) is 5.41 Å². The zero-order valence-electron chi connectivity index (χ0n) is 12.1. The summed E-state index contributed by atoms with van der Waals surface area (Å²) in [5.41, 5.74) is 1.94. The lowest BCUT2D eigenvalue weighted by Gasteiger charge is -2.62. The predicted molar refractivity (Wildman–Crippen MR) is 77.5 cm³/mol. The van der Waals surface area contributed by atoms with E-state index in [2.05, 4.69) is 12.1 Å². The third kappa shape index (κ3) is 1.68. The van der Waals surface area contributed by atoms with Crippen LogP contribution in [-0.4, -0.2) is 35.0 Å². The number of rotatable bonds is 3. The van der Waals surface area contributed by atoms with Crippen molar-refractivity contribution in [1.29, 1.82) is 0 Å². The molecule has 5 rings (SSSR count). The van der Waals surface area contributed by atoms with Gasteiger partial charge in [0.2, 0.25) is 0 Å². The Bertz CT molecular complexity index is 611. The molecule has 0 spiro atoms. The van der Waals surface area contributed by atoms with Crippen LogP contribution in [0.2, 0.25) is 0 Å². The molecule has 21 heavy (non-hydrogen) atoms. The first-order chi connectivity index (χ1) is 9.92. The maximum Gasteiger partial charge on any atom is 0.407 e. The molecular weight excluding hydrogens is 266 g/mol. The Kier molecular flexibility index (Phi) is 2.37. The van der Waals surface area contributed by atoms with E-state index in [9.17, 15) is 9.59 Å². The van der Waals surface area contributed by atoms with Crippen molar-refractivity contribution in [3.05, 3.63) is 35.4 Å². The van der Waals surface area contributed by atoms with Gasteiger partial charge in [-0.15, -0.1) is 0 Å². The smallest absolute Gasteiger partial charge is 0.407 e. The Hall–Kier alpha value is -1.84. The SMILES string of the molecule is CC1(C(=O)c2ccc(C34CC(C3)C4)cc2)CN(C(=O)O)C1. The molecule has 1 aliphatic heterocycles. The number of amides is 1. The first-order valence-electron chi connectivity index (χ1n) is 7.55. The van der Waals surface area contributed by atoms with E-state index in [1.165, 1.54) is 29.7 Å². The first kappa shape index (κ1) is 12.9. The maximum atomic E-state index is 12.6. The molecule has 110 valence electrons. The lowest BCUT2D eigenvalue weighted by atomic mass is 9.42. The van der Waals surface area contributed by atoms with Crippen molar-refractivity contribution in [3.8, 4) is 0 Å². The van der Waals surface area contributed by atoms with Crippen LogP contribution in [0.25, 0.3) is 0 Å². The van der Waals surface area contributed by atoms with Gasteiger partial charge in [-0.25, -0.2) is 4.79 Å². The van der Waals surface area contributed by atoms with Crippen LogP contribution >= 0.6 is 0 Å². The number of hydrogen-bond acceptors (Lipinski definition) is 2. The van der Waals surface area contributed by atoms with Gasteiger partial charge in [0.25, 0.3) is 0 Å². The van der Waals surface area contributed by atoms with E-state index >= 15 is 0 Å². The van der Waals surface area contributed by atoms with Gasteiger partial charge in [0.15, 0.2) is 5.78 Å². The number of benzene rings is 1. The summed E-state index contributed by atoms with van der Waals surface area (Å²) in [4.78, 5) is 24.7. The molecule has 1 N–H and O–H groups in total. The van der Waals surface area contributed by atoms with Crippen LogP contribution in [0.4, 0.5) is 4.79 Å². The van der Waals surface area contributed by atoms with Crippen LogP contribution in [0.5, 0.6) is 0 Å². The Balaban J connectivity index is 1.49. The van der Waals surface area contributed by atoms with Crippen LogP contribution in [0, 0.1) is 11.3 Å². The van der Waals surface area contributed by atoms with E-state index < -0.39 is 11.5 Å². The lowest BCUT2D eigenvalue weighted by molar-refractivity contribution is -0.0274. The van der Waals surface area contributed by atoms with Gasteiger partial charge in [-0.3, -0.25) is 4.79 Å². The summed E-state index contributed by atoms with van der Waals surface area (Å²) in [7, 11) is 0. The van der Waals surface area contributed by atoms with Crippen molar-refractivity contribution in [1.82, 2.24) is 4.90 Å². The zero-order chi connectivity index (χ0) is 14.8. The minimum Gasteiger partial charge on any atom is -0.465 e. The van der Waals surface area contributed by atoms with E-state index in [1.54, 1.807) is 0 Å². The topological polar surface area (TPSA) is 57.6 Å². The number of hydrogen-bond donors (Lipinski definition) is 1. The van der Waals surface area contributed by atoms with Crippen LogP contribution in [0.1, 0.15) is 42.1 Å². The normalized spacial score (nSPS) is 31.7. The quantitative estimate of drug-likeness (QED) is 0.869. The number of ketones is 1. The lowest BCUT2D eigenvalue weighted by Crippen LogP contribution is -2.60. The molecule has 1 heterocycles. The van der Waals surface area contributed by atoms with Crippen molar-refractivity contribution in [2.24, 2.45) is 11.3 Å². The summed E-state index contributed by atoms with van der Waals surface area (Å²) in [6.45, 7) is 2.45. The van der Waals surface area contributed by atoms with Gasteiger partial charge in [-0.2, -0.15) is 0 Å². The van der Waals surface area contributed by atoms with Gasteiger partial charge in [-0.05, 0) is 43.1 Å². The van der Waals surface area contributed by atoms with Crippen LogP contribution in [0.15, 0.2) is 24.3 Å². The van der Waals surface area contributed by atoms with Crippen LogP contribution < -0.4 is 0 Å². The Morgan fingerprint density at radius 3 is 2.14 bits per heavy atom. The van der Waals surface area contributed by atoms with Gasteiger partial charge >= 0.3 is 6.09 Å². The number of likely N-dealkylation sites (tertiary alicyclic amines) is 1. The Morgan fingerprint density at radius 1 is 1.14 bits per heavy atom. The van der Waals surface area contributed by atoms with E-state index in [4.69, 9.17) is 5.11 Å². The molecule has 1 aromatic carbocycles. The van der Waals surface area contributed by atoms with Gasteiger partial charge < -0.3 is 10.0 Å². The number of carbonyl (C=O) groups excluding carboxylic acids is 1. The van der Waals surface area contributed by atoms with Gasteiger partial charge in [0.1, 0.15) is 0 Å². The molecule has 1 saturated heterocycles. The van der Waals surface area contributed by atoms with Crippen molar-refractivity contribution in [2.75, 3.05) is 13.1 Å². The van der Waals surface area contributed by atoms with Crippen molar-refractivity contribution >= 4 is 11.9 Å². The third-order valence-corrected chi connectivity index (χ3v) is 5.70. The zero-order valence-corrected chi connectivity index (χ0v) is 12.1. The summed E-state index contributed by atoms with van der Waals surface area (Å²) in [5.74, 6) is 1.01. The van der Waals surface area contributed by atoms with Crippen molar-refractivity contribution in [3.63, 3.8) is 0 Å². The Morgan fingerprint density at radius 2 is 1.71 bits per heavy atom. The third-order valence-electron chi connectivity index (χ3n) is 5.70. The average molecular weight is 285 g/mol. The van der Waals surface area contributed by atoms with E-state index in [0.717, 1.165) is 5.92 Å². The van der Waals surface area contributed by atoms with E-state index in [1.807, 2.05) is 19.1 Å². The maximum absolute atomic E-state index is 12.6. The molecule has 4 fully saturated rings. The summed E-state index contributed by atoms with van der Waals surface area (Å²) in [5, 5.41) is 8.90. The average Bonchev–Trinajstić information content (AvgIpc) is 2.31. The van der Waals surface area contributed by atoms with E-state index in [0.29, 0.717) is 24.1 Å². The summed E-state index contributed by atoms with van der Waals surface area (Å²) in [6.07, 6.45) is 2.99. The number of carboxylic acid groups (broad SMARTS) is 1. The number of carbonyl (C=O) groups is 2. The highest BCUT2D eigenvalue weighted by Gasteiger charge is 2.57. The van der Waals surface area contributed by atoms with Gasteiger partial charge in [-0.1, -0.05) is 24.3 Å². The molecule has 0 radical (unpaired) electrons. The molecule has 4 aliphatic rings. The molecule has 1 aromatic rings. The fourth-order valence-corrected chi connectivity index (χ4v) is 4.23. The number of nitrogens with zero attached hydrogens (tertiary/aromatic N) is 1. The molecule has 2 bridgehead atoms. The summed E-state index contributed by atoms with van der Waals surface area (Å²) >= 11 is 0. The molecule has 4 nitrogen and oxygen atoms in total. The van der Waals surface area contributed by atoms with E-state index in [-0.39, 0.29) is 5.78 Å². The fourth-order valence-electron chi connectivity index (χ4n) is 4.23. The first-order valence-corrected chi connectivity index (χ1v) is 7.55. The fraction of sp³-hybridized carbons (Fsp3) is 0.529. The Labute approximate surface area is 123 Å². The highest BCUT2D eigenvalue weighted by molar-refractivity contribution is 6.02. The summed E-state index contributed by atoms with van der Waals surface area (Å²) < 4.78 is 0. The largest absolute Gasteiger partial charge is 0.465 e. The molecule has 0 atom stereocenters. The molecule has 3 aliphatic carbocycles.